The minimum Gasteiger partial charge on any atom is -0.372 e. The highest BCUT2D eigenvalue weighted by atomic mass is 127. The van der Waals surface area contributed by atoms with E-state index < -0.39 is 0 Å². The molecule has 0 N–H and O–H groups in total. The summed E-state index contributed by atoms with van der Waals surface area (Å²) in [5.41, 5.74) is 1.30. The molecule has 2 atom stereocenters. The molecule has 0 unspecified atom stereocenters. The second-order valence-corrected chi connectivity index (χ2v) is 5.38. The molecule has 15 heavy (non-hydrogen) atoms. The Morgan fingerprint density at radius 1 is 1.13 bits per heavy atom. The van der Waals surface area contributed by atoms with E-state index in [-0.39, 0.29) is 0 Å². The molecule has 1 aliphatic heterocycles. The normalized spacial score (nSPS) is 26.7. The molecule has 1 aliphatic rings. The Morgan fingerprint density at radius 3 is 2.20 bits per heavy atom. The van der Waals surface area contributed by atoms with E-state index >= 15 is 0 Å². The van der Waals surface area contributed by atoms with Crippen LogP contribution in [0.4, 0.5) is 5.69 Å². The average molecular weight is 317 g/mol. The first-order valence-corrected chi connectivity index (χ1v) is 6.39. The second kappa shape index (κ2) is 4.70. The molecule has 0 bridgehead atoms. The highest BCUT2D eigenvalue weighted by Gasteiger charge is 2.21. The van der Waals surface area contributed by atoms with Crippen molar-refractivity contribution in [1.82, 2.24) is 0 Å². The van der Waals surface area contributed by atoms with Gasteiger partial charge in [0, 0.05) is 22.3 Å². The Hall–Kier alpha value is -0.290. The van der Waals surface area contributed by atoms with Crippen molar-refractivity contribution in [3.05, 3.63) is 27.8 Å². The van der Waals surface area contributed by atoms with Crippen LogP contribution in [-0.4, -0.2) is 25.3 Å². The van der Waals surface area contributed by atoms with Gasteiger partial charge in [-0.3, -0.25) is 0 Å². The molecular formula is C12H16INO. The Balaban J connectivity index is 2.12. The van der Waals surface area contributed by atoms with Crippen molar-refractivity contribution in [3.63, 3.8) is 0 Å². The number of ether oxygens (including phenoxy) is 1. The number of nitrogens with zero attached hydrogens (tertiary/aromatic N) is 1. The summed E-state index contributed by atoms with van der Waals surface area (Å²) >= 11 is 2.33. The zero-order valence-electron chi connectivity index (χ0n) is 9.11. The first-order chi connectivity index (χ1) is 7.15. The van der Waals surface area contributed by atoms with Crippen LogP contribution in [0.1, 0.15) is 13.8 Å². The van der Waals surface area contributed by atoms with Crippen LogP contribution in [-0.2, 0) is 4.74 Å². The monoisotopic (exact) mass is 317 g/mol. The second-order valence-electron chi connectivity index (χ2n) is 4.14. The molecule has 0 saturated carbocycles. The molecule has 1 saturated heterocycles. The average Bonchev–Trinajstić information content (AvgIpc) is 2.17. The van der Waals surface area contributed by atoms with E-state index in [0.29, 0.717) is 12.2 Å². The van der Waals surface area contributed by atoms with Crippen LogP contribution in [0.25, 0.3) is 0 Å². The van der Waals surface area contributed by atoms with E-state index in [2.05, 4.69) is 65.6 Å². The van der Waals surface area contributed by atoms with Crippen LogP contribution in [0, 0.1) is 3.57 Å². The summed E-state index contributed by atoms with van der Waals surface area (Å²) < 4.78 is 7.00. The fourth-order valence-corrected chi connectivity index (χ4v) is 2.40. The van der Waals surface area contributed by atoms with Crippen LogP contribution < -0.4 is 4.90 Å². The van der Waals surface area contributed by atoms with Crippen molar-refractivity contribution in [2.75, 3.05) is 18.0 Å². The van der Waals surface area contributed by atoms with E-state index in [1.165, 1.54) is 9.26 Å². The van der Waals surface area contributed by atoms with Gasteiger partial charge in [0.05, 0.1) is 12.2 Å². The third kappa shape index (κ3) is 2.84. The van der Waals surface area contributed by atoms with Gasteiger partial charge in [-0.15, -0.1) is 0 Å². The van der Waals surface area contributed by atoms with E-state index in [1.54, 1.807) is 0 Å². The lowest BCUT2D eigenvalue weighted by Crippen LogP contribution is -2.45. The van der Waals surface area contributed by atoms with Crippen molar-refractivity contribution in [2.24, 2.45) is 0 Å². The standard InChI is InChI=1S/C12H16INO/c1-9-7-14(8-10(2)15-9)12-5-3-11(13)4-6-12/h3-6,9-10H,7-8H2,1-2H3/t9-,10+. The number of hydrogen-bond donors (Lipinski definition) is 0. The van der Waals surface area contributed by atoms with Gasteiger partial charge in [-0.05, 0) is 60.7 Å². The maximum atomic E-state index is 5.72. The van der Waals surface area contributed by atoms with Gasteiger partial charge in [0.15, 0.2) is 0 Å². The number of rotatable bonds is 1. The third-order valence-corrected chi connectivity index (χ3v) is 3.33. The van der Waals surface area contributed by atoms with Crippen molar-refractivity contribution in [3.8, 4) is 0 Å². The van der Waals surface area contributed by atoms with Gasteiger partial charge in [0.1, 0.15) is 0 Å². The van der Waals surface area contributed by atoms with Crippen LogP contribution >= 0.6 is 22.6 Å². The van der Waals surface area contributed by atoms with Gasteiger partial charge in [0.2, 0.25) is 0 Å². The SMILES string of the molecule is C[C@@H]1CN(c2ccc(I)cc2)C[C@H](C)O1. The van der Waals surface area contributed by atoms with Crippen LogP contribution in [0.5, 0.6) is 0 Å². The Labute approximate surface area is 105 Å². The number of morpholine rings is 1. The largest absolute Gasteiger partial charge is 0.372 e. The molecule has 2 nitrogen and oxygen atoms in total. The lowest BCUT2D eigenvalue weighted by molar-refractivity contribution is -0.00521. The van der Waals surface area contributed by atoms with Crippen molar-refractivity contribution in [1.29, 1.82) is 0 Å². The van der Waals surface area contributed by atoms with Crippen LogP contribution in [0.3, 0.4) is 0 Å². The molecular weight excluding hydrogens is 301 g/mol. The summed E-state index contributed by atoms with van der Waals surface area (Å²) in [6.45, 7) is 6.25. The molecule has 0 amide bonds. The molecule has 0 spiro atoms. The number of benzene rings is 1. The molecule has 1 aromatic rings. The van der Waals surface area contributed by atoms with Crippen molar-refractivity contribution in [2.45, 2.75) is 26.1 Å². The minimum atomic E-state index is 0.327. The van der Waals surface area contributed by atoms with E-state index in [4.69, 9.17) is 4.74 Å². The van der Waals surface area contributed by atoms with Crippen LogP contribution in [0.2, 0.25) is 0 Å². The van der Waals surface area contributed by atoms with Gasteiger partial charge in [-0.2, -0.15) is 0 Å². The lowest BCUT2D eigenvalue weighted by atomic mass is 10.2. The summed E-state index contributed by atoms with van der Waals surface area (Å²) in [4.78, 5) is 2.40. The van der Waals surface area contributed by atoms with Crippen LogP contribution in [0.15, 0.2) is 24.3 Å². The summed E-state index contributed by atoms with van der Waals surface area (Å²) in [7, 11) is 0. The predicted molar refractivity (Wildman–Crippen MR) is 71.4 cm³/mol. The maximum absolute atomic E-state index is 5.72. The zero-order valence-corrected chi connectivity index (χ0v) is 11.3. The molecule has 82 valence electrons. The topological polar surface area (TPSA) is 12.5 Å². The van der Waals surface area contributed by atoms with E-state index in [0.717, 1.165) is 13.1 Å². The molecule has 2 rings (SSSR count). The highest BCUT2D eigenvalue weighted by molar-refractivity contribution is 14.1. The summed E-state index contributed by atoms with van der Waals surface area (Å²) in [6.07, 6.45) is 0.654. The van der Waals surface area contributed by atoms with Gasteiger partial charge >= 0.3 is 0 Å². The molecule has 1 aromatic carbocycles. The maximum Gasteiger partial charge on any atom is 0.0726 e. The first kappa shape index (κ1) is 11.2. The lowest BCUT2D eigenvalue weighted by Gasteiger charge is -2.36. The third-order valence-electron chi connectivity index (χ3n) is 2.61. The molecule has 0 aliphatic carbocycles. The molecule has 0 radical (unpaired) electrons. The molecule has 1 heterocycles. The minimum absolute atomic E-state index is 0.327. The fraction of sp³-hybridized carbons (Fsp3) is 0.500. The molecule has 1 fully saturated rings. The van der Waals surface area contributed by atoms with Gasteiger partial charge < -0.3 is 9.64 Å². The van der Waals surface area contributed by atoms with Gasteiger partial charge in [-0.1, -0.05) is 0 Å². The van der Waals surface area contributed by atoms with Gasteiger partial charge in [0.25, 0.3) is 0 Å². The van der Waals surface area contributed by atoms with E-state index in [9.17, 15) is 0 Å². The van der Waals surface area contributed by atoms with Crippen molar-refractivity contribution < 1.29 is 4.74 Å². The Bertz CT molecular complexity index is 315. The predicted octanol–water partition coefficient (Wildman–Crippen LogP) is 2.90. The smallest absolute Gasteiger partial charge is 0.0726 e. The zero-order chi connectivity index (χ0) is 10.8. The molecule has 3 heteroatoms. The van der Waals surface area contributed by atoms with E-state index in [1.807, 2.05) is 0 Å². The number of halogens is 1. The summed E-state index contributed by atoms with van der Waals surface area (Å²) in [5, 5.41) is 0. The fourth-order valence-electron chi connectivity index (χ4n) is 2.04. The van der Waals surface area contributed by atoms with Crippen molar-refractivity contribution >= 4 is 28.3 Å². The molecule has 0 aromatic heterocycles. The highest BCUT2D eigenvalue weighted by Crippen LogP contribution is 2.21. The Kier molecular flexibility index (Phi) is 3.51. The Morgan fingerprint density at radius 2 is 1.67 bits per heavy atom. The summed E-state index contributed by atoms with van der Waals surface area (Å²) in [6, 6.07) is 8.68. The van der Waals surface area contributed by atoms with Gasteiger partial charge in [-0.25, -0.2) is 0 Å². The quantitative estimate of drug-likeness (QED) is 0.739. The number of anilines is 1. The summed E-state index contributed by atoms with van der Waals surface area (Å²) in [5.74, 6) is 0. The first-order valence-electron chi connectivity index (χ1n) is 5.31. The number of hydrogen-bond acceptors (Lipinski definition) is 2.